The maximum Gasteiger partial charge on any atom is 0.320 e. The summed E-state index contributed by atoms with van der Waals surface area (Å²) in [7, 11) is 1.57. The van der Waals surface area contributed by atoms with Gasteiger partial charge in [-0.2, -0.15) is 0 Å². The molecular formula is C14H25N3O4. The molecular weight excluding hydrogens is 274 g/mol. The molecule has 1 heterocycles. The van der Waals surface area contributed by atoms with Crippen LogP contribution in [0.2, 0.25) is 0 Å². The van der Waals surface area contributed by atoms with Gasteiger partial charge >= 0.3 is 12.0 Å². The molecule has 1 saturated heterocycles. The molecule has 7 heteroatoms. The van der Waals surface area contributed by atoms with Crippen LogP contribution < -0.4 is 5.32 Å². The number of hydrogen-bond acceptors (Lipinski definition) is 3. The number of carbonyl (C=O) groups excluding carboxylic acids is 2. The van der Waals surface area contributed by atoms with Crippen LogP contribution in [0, 0.1) is 0 Å². The summed E-state index contributed by atoms with van der Waals surface area (Å²) in [5.74, 6) is -1.01. The zero-order chi connectivity index (χ0) is 16.0. The lowest BCUT2D eigenvalue weighted by Crippen LogP contribution is -2.52. The maximum absolute atomic E-state index is 12.6. The maximum atomic E-state index is 12.6. The van der Waals surface area contributed by atoms with Crippen LogP contribution in [0.5, 0.6) is 0 Å². The summed E-state index contributed by atoms with van der Waals surface area (Å²) in [6, 6.07) is -0.623. The zero-order valence-electron chi connectivity index (χ0n) is 13.0. The van der Waals surface area contributed by atoms with E-state index in [9.17, 15) is 14.4 Å². The fraction of sp³-hybridized carbons (Fsp3) is 0.786. The quantitative estimate of drug-likeness (QED) is 0.762. The lowest BCUT2D eigenvalue weighted by molar-refractivity contribution is -0.137. The first-order chi connectivity index (χ1) is 9.88. The van der Waals surface area contributed by atoms with Gasteiger partial charge in [-0.1, -0.05) is 0 Å². The van der Waals surface area contributed by atoms with Crippen molar-refractivity contribution in [1.82, 2.24) is 15.1 Å². The molecule has 2 N–H and O–H groups in total. The highest BCUT2D eigenvalue weighted by Gasteiger charge is 2.36. The number of nitrogens with one attached hydrogen (secondary N) is 1. The van der Waals surface area contributed by atoms with Gasteiger partial charge in [0.05, 0.1) is 0 Å². The zero-order valence-corrected chi connectivity index (χ0v) is 13.0. The van der Waals surface area contributed by atoms with Gasteiger partial charge in [-0.3, -0.25) is 9.59 Å². The second-order valence-electron chi connectivity index (χ2n) is 5.53. The van der Waals surface area contributed by atoms with Crippen molar-refractivity contribution in [3.05, 3.63) is 0 Å². The number of aliphatic carboxylic acids is 1. The number of nitrogens with zero attached hydrogens (tertiary/aromatic N) is 2. The van der Waals surface area contributed by atoms with Gasteiger partial charge in [-0.05, 0) is 33.1 Å². The Morgan fingerprint density at radius 1 is 1.38 bits per heavy atom. The highest BCUT2D eigenvalue weighted by Crippen LogP contribution is 2.20. The van der Waals surface area contributed by atoms with E-state index in [2.05, 4.69) is 5.32 Å². The topological polar surface area (TPSA) is 90.0 Å². The Bertz CT molecular complexity index is 398. The fourth-order valence-electron chi connectivity index (χ4n) is 2.58. The van der Waals surface area contributed by atoms with Gasteiger partial charge in [0.2, 0.25) is 5.91 Å². The molecule has 1 fully saturated rings. The minimum absolute atomic E-state index is 0.0303. The van der Waals surface area contributed by atoms with Crippen LogP contribution in [0.3, 0.4) is 0 Å². The Labute approximate surface area is 125 Å². The lowest BCUT2D eigenvalue weighted by atomic mass is 10.2. The van der Waals surface area contributed by atoms with Crippen LogP contribution in [-0.4, -0.2) is 65.0 Å². The van der Waals surface area contributed by atoms with Gasteiger partial charge in [0.25, 0.3) is 0 Å². The Kier molecular flexibility index (Phi) is 6.45. The summed E-state index contributed by atoms with van der Waals surface area (Å²) in [6.07, 6.45) is 1.93. The van der Waals surface area contributed by atoms with Crippen molar-refractivity contribution in [3.63, 3.8) is 0 Å². The van der Waals surface area contributed by atoms with Crippen molar-refractivity contribution in [2.45, 2.75) is 51.6 Å². The summed E-state index contributed by atoms with van der Waals surface area (Å²) in [6.45, 7) is 4.74. The van der Waals surface area contributed by atoms with Crippen molar-refractivity contribution in [2.24, 2.45) is 0 Å². The average Bonchev–Trinajstić information content (AvgIpc) is 2.90. The summed E-state index contributed by atoms with van der Waals surface area (Å²) in [4.78, 5) is 38.3. The molecule has 0 aliphatic carbocycles. The molecule has 0 spiro atoms. The molecule has 1 rings (SSSR count). The Balaban J connectivity index is 2.71. The first kappa shape index (κ1) is 17.3. The largest absolute Gasteiger partial charge is 0.481 e. The van der Waals surface area contributed by atoms with Crippen LogP contribution in [0.25, 0.3) is 0 Å². The summed E-state index contributed by atoms with van der Waals surface area (Å²) in [5.41, 5.74) is 0. The highest BCUT2D eigenvalue weighted by atomic mass is 16.4. The van der Waals surface area contributed by atoms with E-state index in [1.807, 2.05) is 13.8 Å². The number of likely N-dealkylation sites (N-methyl/N-ethyl adjacent to an activating group) is 1. The molecule has 0 bridgehead atoms. The molecule has 7 nitrogen and oxygen atoms in total. The van der Waals surface area contributed by atoms with Crippen molar-refractivity contribution in [1.29, 1.82) is 0 Å². The predicted molar refractivity (Wildman–Crippen MR) is 77.9 cm³/mol. The number of urea groups is 1. The predicted octanol–water partition coefficient (Wildman–Crippen LogP) is 0.892. The number of amides is 3. The van der Waals surface area contributed by atoms with Crippen molar-refractivity contribution in [3.8, 4) is 0 Å². The Morgan fingerprint density at radius 3 is 2.57 bits per heavy atom. The summed E-state index contributed by atoms with van der Waals surface area (Å²) in [5, 5.41) is 11.3. The minimum atomic E-state index is -0.865. The molecule has 1 unspecified atom stereocenters. The smallest absolute Gasteiger partial charge is 0.320 e. The molecule has 0 aromatic carbocycles. The van der Waals surface area contributed by atoms with Gasteiger partial charge in [0.15, 0.2) is 0 Å². The van der Waals surface area contributed by atoms with Crippen molar-refractivity contribution >= 4 is 17.9 Å². The monoisotopic (exact) mass is 299 g/mol. The number of carboxylic acid groups (broad SMARTS) is 1. The molecule has 0 aromatic heterocycles. The molecule has 120 valence electrons. The van der Waals surface area contributed by atoms with E-state index in [-0.39, 0.29) is 24.4 Å². The van der Waals surface area contributed by atoms with E-state index in [0.29, 0.717) is 25.9 Å². The van der Waals surface area contributed by atoms with Gasteiger partial charge in [0.1, 0.15) is 6.04 Å². The number of likely N-dealkylation sites (tertiary alicyclic amines) is 1. The molecule has 1 aliphatic heterocycles. The normalized spacial score (nSPS) is 17.9. The van der Waals surface area contributed by atoms with E-state index in [1.54, 1.807) is 16.8 Å². The number of rotatable bonds is 6. The van der Waals surface area contributed by atoms with Crippen LogP contribution in [0.1, 0.15) is 39.5 Å². The molecule has 3 amide bonds. The van der Waals surface area contributed by atoms with E-state index >= 15 is 0 Å². The van der Waals surface area contributed by atoms with Crippen LogP contribution >= 0.6 is 0 Å². The van der Waals surface area contributed by atoms with Gasteiger partial charge in [-0.15, -0.1) is 0 Å². The van der Waals surface area contributed by atoms with E-state index < -0.39 is 12.0 Å². The third kappa shape index (κ3) is 4.61. The molecule has 1 atom stereocenters. The Hall–Kier alpha value is -1.79. The van der Waals surface area contributed by atoms with Crippen molar-refractivity contribution in [2.75, 3.05) is 20.1 Å². The Morgan fingerprint density at radius 2 is 2.05 bits per heavy atom. The molecule has 0 saturated carbocycles. The van der Waals surface area contributed by atoms with Crippen LogP contribution in [0.15, 0.2) is 0 Å². The van der Waals surface area contributed by atoms with Crippen molar-refractivity contribution < 1.29 is 19.5 Å². The summed E-state index contributed by atoms with van der Waals surface area (Å²) >= 11 is 0. The SMILES string of the molecule is CNC(=O)C1CCCN1C(=O)N(CCCC(=O)O)C(C)C. The average molecular weight is 299 g/mol. The van der Waals surface area contributed by atoms with Gasteiger partial charge < -0.3 is 20.2 Å². The minimum Gasteiger partial charge on any atom is -0.481 e. The number of hydrogen-bond donors (Lipinski definition) is 2. The van der Waals surface area contributed by atoms with E-state index in [1.165, 1.54) is 0 Å². The first-order valence-electron chi connectivity index (χ1n) is 7.39. The third-order valence-corrected chi connectivity index (χ3v) is 3.71. The number of carbonyl (C=O) groups is 3. The molecule has 21 heavy (non-hydrogen) atoms. The lowest BCUT2D eigenvalue weighted by Gasteiger charge is -2.33. The first-order valence-corrected chi connectivity index (χ1v) is 7.39. The number of carboxylic acids is 1. The van der Waals surface area contributed by atoms with Gasteiger partial charge in [-0.25, -0.2) is 4.79 Å². The molecule has 0 radical (unpaired) electrons. The van der Waals surface area contributed by atoms with Gasteiger partial charge in [0, 0.05) is 32.6 Å². The third-order valence-electron chi connectivity index (χ3n) is 3.71. The summed E-state index contributed by atoms with van der Waals surface area (Å²) < 4.78 is 0. The highest BCUT2D eigenvalue weighted by molar-refractivity contribution is 5.87. The van der Waals surface area contributed by atoms with Crippen LogP contribution in [-0.2, 0) is 9.59 Å². The molecule has 1 aliphatic rings. The van der Waals surface area contributed by atoms with E-state index in [4.69, 9.17) is 5.11 Å². The second kappa shape index (κ2) is 7.85. The van der Waals surface area contributed by atoms with E-state index in [0.717, 1.165) is 6.42 Å². The molecule has 0 aromatic rings. The van der Waals surface area contributed by atoms with Crippen LogP contribution in [0.4, 0.5) is 4.79 Å². The second-order valence-corrected chi connectivity index (χ2v) is 5.53. The standard InChI is InChI=1S/C14H25N3O4/c1-10(2)16(8-5-7-12(18)19)14(21)17-9-4-6-11(17)13(20)15-3/h10-11H,4-9H2,1-3H3,(H,15,20)(H,18,19). The fourth-order valence-corrected chi connectivity index (χ4v) is 2.58.